The molecule has 0 N–H and O–H groups in total. The SMILES string of the molecule is [c]1coc2[c]c3occc3[c]c12. The summed E-state index contributed by atoms with van der Waals surface area (Å²) in [5, 5.41) is 1.71. The van der Waals surface area contributed by atoms with E-state index in [9.17, 15) is 0 Å². The van der Waals surface area contributed by atoms with Crippen LogP contribution in [0.2, 0.25) is 0 Å². The Morgan fingerprint density at radius 3 is 3.08 bits per heavy atom. The lowest BCUT2D eigenvalue weighted by Gasteiger charge is -1.85. The molecule has 0 spiro atoms. The maximum absolute atomic E-state index is 5.13. The van der Waals surface area contributed by atoms with Crippen LogP contribution < -0.4 is 0 Å². The molecule has 0 saturated heterocycles. The van der Waals surface area contributed by atoms with Crippen molar-refractivity contribution in [2.24, 2.45) is 0 Å². The van der Waals surface area contributed by atoms with Crippen molar-refractivity contribution < 1.29 is 8.83 Å². The largest absolute Gasteiger partial charge is 0.464 e. The average Bonchev–Trinajstić information content (AvgIpc) is 2.64. The number of furan rings is 2. The molecule has 0 aliphatic heterocycles. The van der Waals surface area contributed by atoms with E-state index in [4.69, 9.17) is 8.83 Å². The van der Waals surface area contributed by atoms with Gasteiger partial charge in [-0.3, -0.25) is 0 Å². The summed E-state index contributed by atoms with van der Waals surface area (Å²) in [4.78, 5) is 0. The second kappa shape index (κ2) is 1.91. The van der Waals surface area contributed by atoms with Crippen molar-refractivity contribution in [1.29, 1.82) is 0 Å². The van der Waals surface area contributed by atoms with Crippen LogP contribution in [0.1, 0.15) is 0 Å². The highest BCUT2D eigenvalue weighted by Gasteiger charge is 2.03. The van der Waals surface area contributed by atoms with Crippen molar-refractivity contribution in [1.82, 2.24) is 0 Å². The van der Waals surface area contributed by atoms with Crippen molar-refractivity contribution in [3.8, 4) is 0 Å². The Kier molecular flexibility index (Phi) is 0.939. The van der Waals surface area contributed by atoms with Gasteiger partial charge in [-0.1, -0.05) is 0 Å². The molecule has 2 aromatic heterocycles. The first-order chi connectivity index (χ1) is 5.93. The summed E-state index contributed by atoms with van der Waals surface area (Å²) < 4.78 is 10.2. The van der Waals surface area contributed by atoms with Crippen LogP contribution in [0.4, 0.5) is 0 Å². The molecule has 55 valence electrons. The van der Waals surface area contributed by atoms with Crippen molar-refractivity contribution in [3.05, 3.63) is 36.8 Å². The van der Waals surface area contributed by atoms with Gasteiger partial charge in [-0.25, -0.2) is 0 Å². The topological polar surface area (TPSA) is 26.3 Å². The van der Waals surface area contributed by atoms with Crippen LogP contribution in [-0.2, 0) is 0 Å². The predicted octanol–water partition coefficient (Wildman–Crippen LogP) is 2.58. The molecule has 0 amide bonds. The zero-order valence-electron chi connectivity index (χ0n) is 6.05. The zero-order valence-corrected chi connectivity index (χ0v) is 6.05. The molecule has 3 rings (SSSR count). The van der Waals surface area contributed by atoms with Crippen LogP contribution >= 0.6 is 0 Å². The molecule has 2 nitrogen and oxygen atoms in total. The lowest BCUT2D eigenvalue weighted by atomic mass is 10.2. The Hall–Kier alpha value is -1.70. The molecular weight excluding hydrogens is 152 g/mol. The fraction of sp³-hybridized carbons (Fsp3) is 0. The van der Waals surface area contributed by atoms with E-state index < -0.39 is 0 Å². The quantitative estimate of drug-likeness (QED) is 0.498. The molecule has 12 heavy (non-hydrogen) atoms. The smallest absolute Gasteiger partial charge is 0.147 e. The highest BCUT2D eigenvalue weighted by atomic mass is 16.3. The summed E-state index contributed by atoms with van der Waals surface area (Å²) >= 11 is 0. The van der Waals surface area contributed by atoms with E-state index in [-0.39, 0.29) is 0 Å². The minimum atomic E-state index is 0.637. The van der Waals surface area contributed by atoms with Crippen molar-refractivity contribution in [2.75, 3.05) is 0 Å². The van der Waals surface area contributed by atoms with E-state index in [2.05, 4.69) is 18.2 Å². The number of benzene rings is 1. The molecule has 2 heteroatoms. The van der Waals surface area contributed by atoms with Crippen molar-refractivity contribution in [3.63, 3.8) is 0 Å². The van der Waals surface area contributed by atoms with E-state index in [1.165, 1.54) is 6.26 Å². The van der Waals surface area contributed by atoms with Crippen LogP contribution in [0.3, 0.4) is 0 Å². The zero-order chi connectivity index (χ0) is 7.97. The van der Waals surface area contributed by atoms with Gasteiger partial charge in [-0.15, -0.1) is 0 Å². The average molecular weight is 155 g/mol. The van der Waals surface area contributed by atoms with Crippen LogP contribution in [0, 0.1) is 18.2 Å². The summed E-state index contributed by atoms with van der Waals surface area (Å²) in [6.45, 7) is 0. The van der Waals surface area contributed by atoms with Gasteiger partial charge in [0.1, 0.15) is 11.2 Å². The van der Waals surface area contributed by atoms with Gasteiger partial charge in [0.05, 0.1) is 18.6 Å². The highest BCUT2D eigenvalue weighted by molar-refractivity contribution is 5.91. The van der Waals surface area contributed by atoms with E-state index in [1.54, 1.807) is 6.26 Å². The second-order valence-corrected chi connectivity index (χ2v) is 2.50. The van der Waals surface area contributed by atoms with E-state index in [0.717, 1.165) is 10.8 Å². The van der Waals surface area contributed by atoms with Gasteiger partial charge < -0.3 is 8.83 Å². The first-order valence-corrected chi connectivity index (χ1v) is 3.54. The molecule has 0 fully saturated rings. The Morgan fingerprint density at radius 1 is 1.08 bits per heavy atom. The number of hydrogen-bond acceptors (Lipinski definition) is 2. The minimum absolute atomic E-state index is 0.637. The summed E-state index contributed by atoms with van der Waals surface area (Å²) in [7, 11) is 0. The lowest BCUT2D eigenvalue weighted by molar-refractivity contribution is 0.603. The Morgan fingerprint density at radius 2 is 2.08 bits per heavy atom. The van der Waals surface area contributed by atoms with E-state index in [1.807, 2.05) is 6.07 Å². The monoisotopic (exact) mass is 155 g/mol. The molecule has 0 aliphatic rings. The maximum Gasteiger partial charge on any atom is 0.147 e. The molecular formula is C10H3O2. The molecule has 0 unspecified atom stereocenters. The van der Waals surface area contributed by atoms with Gasteiger partial charge in [0.15, 0.2) is 0 Å². The number of hydrogen-bond donors (Lipinski definition) is 0. The summed E-state index contributed by atoms with van der Waals surface area (Å²) in [5.74, 6) is 0. The standard InChI is InChI=1S/C10H3O2/c1-3-11-9-6-10-8(2-4-12-10)5-7(1)9/h1,3-4H. The minimum Gasteiger partial charge on any atom is -0.464 e. The molecule has 3 aromatic rings. The van der Waals surface area contributed by atoms with Crippen LogP contribution in [0.5, 0.6) is 0 Å². The van der Waals surface area contributed by atoms with Gasteiger partial charge in [-0.2, -0.15) is 0 Å². The molecule has 3 radical (unpaired) electrons. The second-order valence-electron chi connectivity index (χ2n) is 2.50. The predicted molar refractivity (Wildman–Crippen MR) is 42.5 cm³/mol. The van der Waals surface area contributed by atoms with Gasteiger partial charge in [0.2, 0.25) is 0 Å². The number of fused-ring (bicyclic) bond motifs is 2. The highest BCUT2D eigenvalue weighted by Crippen LogP contribution is 2.22. The third kappa shape index (κ3) is 0.639. The normalized spacial score (nSPS) is 11.3. The van der Waals surface area contributed by atoms with Gasteiger partial charge >= 0.3 is 0 Å². The molecule has 0 aliphatic carbocycles. The van der Waals surface area contributed by atoms with Crippen LogP contribution in [-0.4, -0.2) is 0 Å². The van der Waals surface area contributed by atoms with Crippen molar-refractivity contribution in [2.45, 2.75) is 0 Å². The van der Waals surface area contributed by atoms with Crippen LogP contribution in [0.15, 0.2) is 27.4 Å². The first kappa shape index (κ1) is 5.89. The summed E-state index contributed by atoms with van der Waals surface area (Å²) in [5.41, 5.74) is 1.31. The Balaban J connectivity index is 2.62. The molecule has 2 heterocycles. The third-order valence-electron chi connectivity index (χ3n) is 1.76. The molecule has 1 aromatic carbocycles. The van der Waals surface area contributed by atoms with Crippen LogP contribution in [0.25, 0.3) is 21.9 Å². The van der Waals surface area contributed by atoms with Gasteiger partial charge in [-0.05, 0) is 6.07 Å². The fourth-order valence-corrected chi connectivity index (χ4v) is 1.20. The first-order valence-electron chi connectivity index (χ1n) is 3.54. The molecule has 0 saturated carbocycles. The van der Waals surface area contributed by atoms with Crippen molar-refractivity contribution >= 4 is 21.9 Å². The Labute approximate surface area is 68.4 Å². The maximum atomic E-state index is 5.13. The molecule has 0 atom stereocenters. The third-order valence-corrected chi connectivity index (χ3v) is 1.76. The van der Waals surface area contributed by atoms with E-state index >= 15 is 0 Å². The van der Waals surface area contributed by atoms with Gasteiger partial charge in [0, 0.05) is 22.9 Å². The lowest BCUT2D eigenvalue weighted by Crippen LogP contribution is -1.66. The Bertz CT molecular complexity index is 440. The summed E-state index contributed by atoms with van der Waals surface area (Å²) in [6, 6.07) is 10.8. The van der Waals surface area contributed by atoms with E-state index in [0.29, 0.717) is 11.2 Å². The van der Waals surface area contributed by atoms with Gasteiger partial charge in [0.25, 0.3) is 0 Å². The summed E-state index contributed by atoms with van der Waals surface area (Å²) in [6.07, 6.45) is 3.10. The number of rotatable bonds is 0. The fourth-order valence-electron chi connectivity index (χ4n) is 1.20. The molecule has 0 bridgehead atoms.